The van der Waals surface area contributed by atoms with Crippen molar-refractivity contribution in [2.45, 2.75) is 46.5 Å². The van der Waals surface area contributed by atoms with Crippen LogP contribution in [-0.2, 0) is 17.6 Å². The first-order valence-electron chi connectivity index (χ1n) is 11.8. The number of anilines is 1. The summed E-state index contributed by atoms with van der Waals surface area (Å²) in [5.74, 6) is -0.342. The number of likely N-dealkylation sites (N-methyl/N-ethyl adjacent to an activating group) is 1. The highest BCUT2D eigenvalue weighted by molar-refractivity contribution is 8.18. The zero-order valence-electron chi connectivity index (χ0n) is 20.0. The lowest BCUT2D eigenvalue weighted by molar-refractivity contribution is -0.122. The highest BCUT2D eigenvalue weighted by atomic mass is 32.2. The van der Waals surface area contributed by atoms with Gasteiger partial charge in [-0.15, -0.1) is 11.3 Å². The summed E-state index contributed by atoms with van der Waals surface area (Å²) in [5.41, 5.74) is 5.47. The van der Waals surface area contributed by atoms with E-state index in [2.05, 4.69) is 9.88 Å². The Morgan fingerprint density at radius 2 is 1.86 bits per heavy atom. The van der Waals surface area contributed by atoms with Gasteiger partial charge in [-0.1, -0.05) is 18.2 Å². The van der Waals surface area contributed by atoms with E-state index in [0.717, 1.165) is 76.2 Å². The smallest absolute Gasteiger partial charge is 0.293 e. The number of aromatic nitrogens is 1. The molecule has 0 radical (unpaired) electrons. The Labute approximate surface area is 213 Å². The van der Waals surface area contributed by atoms with Gasteiger partial charge in [0.1, 0.15) is 5.00 Å². The third-order valence-electron chi connectivity index (χ3n) is 6.56. The Kier molecular flexibility index (Phi) is 6.42. The molecule has 1 N–H and O–H groups in total. The maximum absolute atomic E-state index is 13.6. The fraction of sp³-hybridized carbons (Fsp3) is 0.296. The van der Waals surface area contributed by atoms with E-state index in [9.17, 15) is 14.4 Å². The minimum absolute atomic E-state index is 0.0938. The van der Waals surface area contributed by atoms with Crippen LogP contribution in [0.1, 0.15) is 57.5 Å². The van der Waals surface area contributed by atoms with Crippen LogP contribution in [0.5, 0.6) is 0 Å². The van der Waals surface area contributed by atoms with Gasteiger partial charge in [0.2, 0.25) is 0 Å². The first-order chi connectivity index (χ1) is 16.9. The summed E-state index contributed by atoms with van der Waals surface area (Å²) in [5, 5.41) is 3.77. The van der Waals surface area contributed by atoms with Gasteiger partial charge in [0.25, 0.3) is 17.1 Å². The van der Waals surface area contributed by atoms with Gasteiger partial charge >= 0.3 is 0 Å². The maximum atomic E-state index is 13.6. The van der Waals surface area contributed by atoms with Gasteiger partial charge in [-0.2, -0.15) is 0 Å². The van der Waals surface area contributed by atoms with E-state index in [1.165, 1.54) is 9.78 Å². The highest BCUT2D eigenvalue weighted by Crippen LogP contribution is 2.40. The first kappa shape index (κ1) is 23.6. The number of amides is 3. The van der Waals surface area contributed by atoms with Crippen LogP contribution < -0.4 is 5.32 Å². The first-order valence-corrected chi connectivity index (χ1v) is 13.5. The number of imide groups is 1. The molecule has 0 saturated carbocycles. The molecule has 6 nitrogen and oxygen atoms in total. The molecule has 2 aliphatic rings. The normalized spacial score (nSPS) is 16.8. The Morgan fingerprint density at radius 3 is 2.57 bits per heavy atom. The average molecular weight is 506 g/mol. The fourth-order valence-corrected chi connectivity index (χ4v) is 7.21. The molecule has 3 heterocycles. The number of benzene rings is 1. The summed E-state index contributed by atoms with van der Waals surface area (Å²) in [7, 11) is 0. The van der Waals surface area contributed by atoms with E-state index >= 15 is 0 Å². The van der Waals surface area contributed by atoms with Crippen molar-refractivity contribution in [3.8, 4) is 5.00 Å². The fourth-order valence-electron chi connectivity index (χ4n) is 4.82. The van der Waals surface area contributed by atoms with Crippen molar-refractivity contribution in [1.82, 2.24) is 9.47 Å². The maximum Gasteiger partial charge on any atom is 0.293 e. The number of hydrogen-bond donors (Lipinski definition) is 1. The van der Waals surface area contributed by atoms with E-state index in [-0.39, 0.29) is 17.1 Å². The van der Waals surface area contributed by atoms with Gasteiger partial charge in [-0.3, -0.25) is 19.3 Å². The van der Waals surface area contributed by atoms with Crippen LogP contribution >= 0.6 is 23.1 Å². The molecular formula is C27H27N3O3S2. The van der Waals surface area contributed by atoms with Crippen LogP contribution in [-0.4, -0.2) is 33.1 Å². The van der Waals surface area contributed by atoms with Crippen molar-refractivity contribution in [2.24, 2.45) is 0 Å². The number of aryl methyl sites for hydroxylation is 2. The molecule has 0 bridgehead atoms. The molecule has 0 spiro atoms. The number of hydrogen-bond acceptors (Lipinski definition) is 5. The van der Waals surface area contributed by atoms with E-state index in [4.69, 9.17) is 0 Å². The molecule has 1 aliphatic carbocycles. The van der Waals surface area contributed by atoms with E-state index in [0.29, 0.717) is 11.4 Å². The molecule has 2 aromatic heterocycles. The van der Waals surface area contributed by atoms with E-state index in [1.54, 1.807) is 24.3 Å². The molecule has 3 aromatic rings. The molecule has 1 saturated heterocycles. The lowest BCUT2D eigenvalue weighted by Gasteiger charge is -2.14. The molecular weight excluding hydrogens is 478 g/mol. The third-order valence-corrected chi connectivity index (χ3v) is 8.75. The van der Waals surface area contributed by atoms with Crippen LogP contribution in [0.3, 0.4) is 0 Å². The molecule has 0 atom stereocenters. The second-order valence-corrected chi connectivity index (χ2v) is 10.9. The minimum atomic E-state index is -0.248. The van der Waals surface area contributed by atoms with Crippen molar-refractivity contribution >= 4 is 51.9 Å². The van der Waals surface area contributed by atoms with Crippen molar-refractivity contribution in [3.05, 3.63) is 74.3 Å². The Hall–Kier alpha value is -3.10. The molecule has 5 rings (SSSR count). The highest BCUT2D eigenvalue weighted by Gasteiger charge is 2.34. The molecule has 1 aliphatic heterocycles. The quantitative estimate of drug-likeness (QED) is 0.411. The van der Waals surface area contributed by atoms with Gasteiger partial charge in [0.05, 0.1) is 10.5 Å². The Morgan fingerprint density at radius 1 is 1.11 bits per heavy atom. The SMILES string of the molecule is CCN1C(=O)S/C(=C/c2cc(C)n(-c3sc4c(c3C(=O)Nc3ccccc3)CCCC4)c2C)C1=O. The van der Waals surface area contributed by atoms with Crippen molar-refractivity contribution in [1.29, 1.82) is 0 Å². The molecule has 0 unspecified atom stereocenters. The van der Waals surface area contributed by atoms with Crippen molar-refractivity contribution in [3.63, 3.8) is 0 Å². The number of para-hydroxylation sites is 1. The van der Waals surface area contributed by atoms with E-state index in [1.807, 2.05) is 50.2 Å². The molecule has 35 heavy (non-hydrogen) atoms. The lowest BCUT2D eigenvalue weighted by Crippen LogP contribution is -2.27. The number of carbonyl (C=O) groups excluding carboxylic acids is 3. The Balaban J connectivity index is 1.58. The van der Waals surface area contributed by atoms with Crippen molar-refractivity contribution < 1.29 is 14.4 Å². The number of carbonyl (C=O) groups is 3. The molecule has 3 amide bonds. The van der Waals surface area contributed by atoms with Gasteiger partial charge < -0.3 is 9.88 Å². The van der Waals surface area contributed by atoms with Gasteiger partial charge in [-0.05, 0) is 93.6 Å². The predicted octanol–water partition coefficient (Wildman–Crippen LogP) is 6.34. The predicted molar refractivity (Wildman–Crippen MR) is 143 cm³/mol. The molecule has 1 aromatic carbocycles. The second-order valence-electron chi connectivity index (χ2n) is 8.80. The summed E-state index contributed by atoms with van der Waals surface area (Å²) in [6, 6.07) is 11.6. The van der Waals surface area contributed by atoms with Crippen LogP contribution in [0.15, 0.2) is 41.3 Å². The van der Waals surface area contributed by atoms with Gasteiger partial charge in [0.15, 0.2) is 0 Å². The van der Waals surface area contributed by atoms with Gasteiger partial charge in [-0.25, -0.2) is 0 Å². The minimum Gasteiger partial charge on any atom is -0.322 e. The third kappa shape index (κ3) is 4.25. The standard InChI is InChI=1S/C27H27N3O3S2/c1-4-29-25(32)22(35-27(29)33)15-18-14-16(2)30(17(18)3)26-23(20-12-8-9-13-21(20)34-26)24(31)28-19-10-6-5-7-11-19/h5-7,10-11,14-15H,4,8-9,12-13H2,1-3H3,(H,28,31)/b22-15+. The number of nitrogens with one attached hydrogen (secondary N) is 1. The number of nitrogens with zero attached hydrogens (tertiary/aromatic N) is 2. The average Bonchev–Trinajstić information content (AvgIpc) is 3.44. The number of fused-ring (bicyclic) bond motifs is 1. The monoisotopic (exact) mass is 505 g/mol. The lowest BCUT2D eigenvalue weighted by atomic mass is 9.95. The number of thioether (sulfide) groups is 1. The summed E-state index contributed by atoms with van der Waals surface area (Å²) in [6.07, 6.45) is 5.91. The second kappa shape index (κ2) is 9.51. The van der Waals surface area contributed by atoms with Crippen LogP contribution in [0.2, 0.25) is 0 Å². The molecule has 8 heteroatoms. The van der Waals surface area contributed by atoms with Gasteiger partial charge in [0, 0.05) is 28.5 Å². The molecule has 180 valence electrons. The Bertz CT molecular complexity index is 1370. The largest absolute Gasteiger partial charge is 0.322 e. The number of rotatable bonds is 5. The molecule has 1 fully saturated rings. The zero-order valence-corrected chi connectivity index (χ0v) is 21.6. The summed E-state index contributed by atoms with van der Waals surface area (Å²) >= 11 is 2.67. The topological polar surface area (TPSA) is 71.4 Å². The zero-order chi connectivity index (χ0) is 24.7. The van der Waals surface area contributed by atoms with Crippen LogP contribution in [0.25, 0.3) is 11.1 Å². The van der Waals surface area contributed by atoms with E-state index < -0.39 is 0 Å². The van der Waals surface area contributed by atoms with Crippen LogP contribution in [0.4, 0.5) is 10.5 Å². The summed E-state index contributed by atoms with van der Waals surface area (Å²) < 4.78 is 2.12. The summed E-state index contributed by atoms with van der Waals surface area (Å²) in [4.78, 5) is 41.3. The van der Waals surface area contributed by atoms with Crippen molar-refractivity contribution in [2.75, 3.05) is 11.9 Å². The van der Waals surface area contributed by atoms with Crippen LogP contribution in [0, 0.1) is 13.8 Å². The summed E-state index contributed by atoms with van der Waals surface area (Å²) in [6.45, 7) is 6.17. The number of thiophene rings is 1.